The predicted octanol–water partition coefficient (Wildman–Crippen LogP) is 3.13. The number of rotatable bonds is 10. The minimum absolute atomic E-state index is 0.0510. The average Bonchev–Trinajstić information content (AvgIpc) is 2.78. The Kier molecular flexibility index (Phi) is 8.01. The Balaban J connectivity index is 2.11. The lowest BCUT2D eigenvalue weighted by atomic mass is 10.1. The van der Waals surface area contributed by atoms with Gasteiger partial charge in [0.25, 0.3) is 11.2 Å². The maximum atomic E-state index is 12.5. The number of pyridine rings is 1. The molecule has 2 rings (SSSR count). The molecule has 0 aliphatic rings. The van der Waals surface area contributed by atoms with Crippen molar-refractivity contribution in [1.82, 2.24) is 4.57 Å². The van der Waals surface area contributed by atoms with Crippen LogP contribution in [0.1, 0.15) is 28.8 Å². The van der Waals surface area contributed by atoms with E-state index < -0.39 is 23.0 Å². The van der Waals surface area contributed by atoms with Crippen molar-refractivity contribution >= 4 is 23.7 Å². The monoisotopic (exact) mass is 426 g/mol. The van der Waals surface area contributed by atoms with Crippen molar-refractivity contribution in [2.24, 2.45) is 0 Å². The third-order valence-electron chi connectivity index (χ3n) is 4.51. The summed E-state index contributed by atoms with van der Waals surface area (Å²) >= 11 is 0. The van der Waals surface area contributed by atoms with Crippen LogP contribution in [0.3, 0.4) is 0 Å². The third-order valence-corrected chi connectivity index (χ3v) is 4.51. The molecule has 0 amide bonds. The number of nitrogens with zero attached hydrogens (tertiary/aromatic N) is 2. The van der Waals surface area contributed by atoms with Crippen LogP contribution in [0.2, 0.25) is 0 Å². The highest BCUT2D eigenvalue weighted by Crippen LogP contribution is 2.18. The Labute approximate surface area is 178 Å². The van der Waals surface area contributed by atoms with Crippen molar-refractivity contribution in [3.8, 4) is 0 Å². The summed E-state index contributed by atoms with van der Waals surface area (Å²) in [5, 5.41) is 10.8. The van der Waals surface area contributed by atoms with E-state index in [4.69, 9.17) is 4.74 Å². The molecule has 2 aromatic rings. The molecule has 1 atom stereocenters. The van der Waals surface area contributed by atoms with E-state index in [0.717, 1.165) is 5.56 Å². The molecule has 1 aromatic heterocycles. The standard InChI is InChI=1S/C22H22N2O7/c1-4-16-7-12-20(25)23(14-16)13-5-6-19(15(2)21(26)30-3)31-22(27)17-8-10-18(11-9-17)24(28)29/h4,7-12,14,19H,1-2,5-6,13H2,3H3. The lowest BCUT2D eigenvalue weighted by Gasteiger charge is -2.19. The highest BCUT2D eigenvalue weighted by molar-refractivity contribution is 5.92. The van der Waals surface area contributed by atoms with E-state index in [-0.39, 0.29) is 28.8 Å². The number of benzene rings is 1. The third kappa shape index (κ3) is 6.23. The molecule has 0 saturated heterocycles. The molecule has 0 aliphatic heterocycles. The van der Waals surface area contributed by atoms with Crippen LogP contribution in [0, 0.1) is 10.1 Å². The van der Waals surface area contributed by atoms with Gasteiger partial charge in [0.15, 0.2) is 0 Å². The second kappa shape index (κ2) is 10.7. The molecule has 1 aromatic carbocycles. The van der Waals surface area contributed by atoms with E-state index in [1.54, 1.807) is 18.3 Å². The fourth-order valence-corrected chi connectivity index (χ4v) is 2.78. The van der Waals surface area contributed by atoms with Crippen molar-refractivity contribution in [3.63, 3.8) is 0 Å². The van der Waals surface area contributed by atoms with Gasteiger partial charge in [-0.1, -0.05) is 19.2 Å². The summed E-state index contributed by atoms with van der Waals surface area (Å²) in [6, 6.07) is 7.97. The number of carbonyl (C=O) groups excluding carboxylic acids is 2. The van der Waals surface area contributed by atoms with Gasteiger partial charge < -0.3 is 14.0 Å². The number of nitro benzene ring substituents is 1. The highest BCUT2D eigenvalue weighted by Gasteiger charge is 2.24. The first kappa shape index (κ1) is 23.3. The van der Waals surface area contributed by atoms with E-state index in [0.29, 0.717) is 13.0 Å². The van der Waals surface area contributed by atoms with E-state index >= 15 is 0 Å². The zero-order valence-corrected chi connectivity index (χ0v) is 17.0. The molecule has 0 bridgehead atoms. The number of ether oxygens (including phenoxy) is 2. The van der Waals surface area contributed by atoms with E-state index in [2.05, 4.69) is 17.9 Å². The minimum atomic E-state index is -0.992. The molecule has 9 heteroatoms. The predicted molar refractivity (Wildman–Crippen MR) is 113 cm³/mol. The Morgan fingerprint density at radius 3 is 2.48 bits per heavy atom. The van der Waals surface area contributed by atoms with Crippen LogP contribution >= 0.6 is 0 Å². The zero-order valence-electron chi connectivity index (χ0n) is 17.0. The van der Waals surface area contributed by atoms with Crippen molar-refractivity contribution in [2.75, 3.05) is 7.11 Å². The zero-order chi connectivity index (χ0) is 23.0. The van der Waals surface area contributed by atoms with Crippen LogP contribution in [-0.4, -0.2) is 34.6 Å². The van der Waals surface area contributed by atoms with Gasteiger partial charge >= 0.3 is 11.9 Å². The largest absolute Gasteiger partial charge is 0.466 e. The molecule has 0 fully saturated rings. The van der Waals surface area contributed by atoms with Crippen LogP contribution in [-0.2, 0) is 20.8 Å². The van der Waals surface area contributed by atoms with Gasteiger partial charge in [0, 0.05) is 30.9 Å². The molecule has 9 nitrogen and oxygen atoms in total. The number of hydrogen-bond acceptors (Lipinski definition) is 7. The summed E-state index contributed by atoms with van der Waals surface area (Å²) < 4.78 is 11.6. The Bertz CT molecular complexity index is 1050. The van der Waals surface area contributed by atoms with Crippen LogP contribution in [0.15, 0.2) is 66.1 Å². The number of hydrogen-bond donors (Lipinski definition) is 0. The highest BCUT2D eigenvalue weighted by atomic mass is 16.6. The second-order valence-corrected chi connectivity index (χ2v) is 6.56. The molecule has 162 valence electrons. The normalized spacial score (nSPS) is 11.3. The molecule has 0 spiro atoms. The molecular weight excluding hydrogens is 404 g/mol. The van der Waals surface area contributed by atoms with Gasteiger partial charge in [0.05, 0.1) is 23.2 Å². The van der Waals surface area contributed by atoms with Crippen LogP contribution in [0.4, 0.5) is 5.69 Å². The van der Waals surface area contributed by atoms with Gasteiger partial charge in [0.1, 0.15) is 6.10 Å². The number of non-ortho nitro benzene ring substituents is 1. The average molecular weight is 426 g/mol. The topological polar surface area (TPSA) is 118 Å². The van der Waals surface area contributed by atoms with Crippen LogP contribution in [0.25, 0.3) is 6.08 Å². The SMILES string of the molecule is C=Cc1ccc(=O)n(CCCC(OC(=O)c2ccc([N+](=O)[O-])cc2)C(=C)C(=O)OC)c1. The molecule has 1 heterocycles. The lowest BCUT2D eigenvalue weighted by Crippen LogP contribution is -2.26. The first-order chi connectivity index (χ1) is 14.8. The molecule has 0 N–H and O–H groups in total. The smallest absolute Gasteiger partial charge is 0.338 e. The first-order valence-electron chi connectivity index (χ1n) is 9.32. The summed E-state index contributed by atoms with van der Waals surface area (Å²) in [6.07, 6.45) is 2.88. The fourth-order valence-electron chi connectivity index (χ4n) is 2.78. The summed E-state index contributed by atoms with van der Waals surface area (Å²) in [5.74, 6) is -1.50. The molecule has 0 aliphatic carbocycles. The Morgan fingerprint density at radius 1 is 1.23 bits per heavy atom. The number of carbonyl (C=O) groups is 2. The quantitative estimate of drug-likeness (QED) is 0.248. The molecule has 31 heavy (non-hydrogen) atoms. The van der Waals surface area contributed by atoms with Crippen molar-refractivity contribution in [1.29, 1.82) is 0 Å². The maximum absolute atomic E-state index is 12.5. The van der Waals surface area contributed by atoms with Crippen molar-refractivity contribution < 1.29 is 24.0 Å². The van der Waals surface area contributed by atoms with Gasteiger partial charge in [-0.3, -0.25) is 14.9 Å². The Morgan fingerprint density at radius 2 is 1.90 bits per heavy atom. The first-order valence-corrected chi connectivity index (χ1v) is 9.32. The number of methoxy groups -OCH3 is 1. The lowest BCUT2D eigenvalue weighted by molar-refractivity contribution is -0.384. The second-order valence-electron chi connectivity index (χ2n) is 6.56. The van der Waals surface area contributed by atoms with E-state index in [9.17, 15) is 24.5 Å². The van der Waals surface area contributed by atoms with Gasteiger partial charge in [-0.25, -0.2) is 9.59 Å². The van der Waals surface area contributed by atoms with Crippen LogP contribution in [0.5, 0.6) is 0 Å². The maximum Gasteiger partial charge on any atom is 0.338 e. The molecule has 0 radical (unpaired) electrons. The number of aromatic nitrogens is 1. The van der Waals surface area contributed by atoms with Crippen molar-refractivity contribution in [3.05, 3.63) is 92.9 Å². The van der Waals surface area contributed by atoms with Gasteiger partial charge in [0.2, 0.25) is 0 Å². The summed E-state index contributed by atoms with van der Waals surface area (Å²) in [5.41, 5.74) is 0.448. The van der Waals surface area contributed by atoms with Gasteiger partial charge in [-0.15, -0.1) is 0 Å². The van der Waals surface area contributed by atoms with Gasteiger partial charge in [-0.2, -0.15) is 0 Å². The summed E-state index contributed by atoms with van der Waals surface area (Å²) in [4.78, 5) is 46.5. The van der Waals surface area contributed by atoms with E-state index in [1.807, 2.05) is 0 Å². The summed E-state index contributed by atoms with van der Waals surface area (Å²) in [7, 11) is 1.18. The number of aryl methyl sites for hydroxylation is 1. The van der Waals surface area contributed by atoms with Crippen LogP contribution < -0.4 is 5.56 Å². The number of esters is 2. The molecule has 0 saturated carbocycles. The Hall–Kier alpha value is -4.01. The van der Waals surface area contributed by atoms with E-state index in [1.165, 1.54) is 42.0 Å². The van der Waals surface area contributed by atoms with Crippen molar-refractivity contribution in [2.45, 2.75) is 25.5 Å². The molecule has 1 unspecified atom stereocenters. The summed E-state index contributed by atoms with van der Waals surface area (Å²) in [6.45, 7) is 7.64. The van der Waals surface area contributed by atoms with Gasteiger partial charge in [-0.05, 0) is 36.6 Å². The molecular formula is C22H22N2O7. The fraction of sp³-hybridized carbons (Fsp3) is 0.227. The minimum Gasteiger partial charge on any atom is -0.466 e. The number of nitro groups is 1.